The van der Waals surface area contributed by atoms with Crippen molar-refractivity contribution in [3.8, 4) is 0 Å². The number of hydrogen-bond donors (Lipinski definition) is 0. The van der Waals surface area contributed by atoms with Crippen LogP contribution in [0.15, 0.2) is 29.2 Å². The van der Waals surface area contributed by atoms with E-state index in [4.69, 9.17) is 9.47 Å². The fraction of sp³-hybridized carbons (Fsp3) is 0.455. The molecule has 1 aromatic carbocycles. The Morgan fingerprint density at radius 2 is 1.67 bits per heavy atom. The van der Waals surface area contributed by atoms with Crippen molar-refractivity contribution in [3.05, 3.63) is 30.1 Å². The van der Waals surface area contributed by atoms with Crippen LogP contribution in [0.25, 0.3) is 0 Å². The zero-order chi connectivity index (χ0) is 12.8. The number of fused-ring (bicyclic) bond motifs is 1. The van der Waals surface area contributed by atoms with Crippen molar-refractivity contribution in [3.63, 3.8) is 0 Å². The lowest BCUT2D eigenvalue weighted by Crippen LogP contribution is -2.20. The molecule has 2 heterocycles. The Morgan fingerprint density at radius 1 is 1.11 bits per heavy atom. The lowest BCUT2D eigenvalue weighted by Gasteiger charge is -2.09. The highest BCUT2D eigenvalue weighted by Crippen LogP contribution is 2.37. The van der Waals surface area contributed by atoms with E-state index in [2.05, 4.69) is 0 Å². The van der Waals surface area contributed by atoms with Crippen LogP contribution in [0.4, 0.5) is 4.39 Å². The highest BCUT2D eigenvalue weighted by atomic mass is 32.2. The van der Waals surface area contributed by atoms with E-state index in [1.165, 1.54) is 16.4 Å². The van der Waals surface area contributed by atoms with E-state index in [1.54, 1.807) is 0 Å². The number of rotatable bonds is 2. The number of sulfonamides is 1. The Hall–Kier alpha value is -1.02. The van der Waals surface area contributed by atoms with Crippen LogP contribution in [0.5, 0.6) is 0 Å². The first-order valence-electron chi connectivity index (χ1n) is 5.55. The molecule has 2 aliphatic heterocycles. The van der Waals surface area contributed by atoms with Gasteiger partial charge in [0.1, 0.15) is 12.6 Å². The molecule has 0 saturated carbocycles. The summed E-state index contributed by atoms with van der Waals surface area (Å²) in [5.74, 6) is -0.458. The number of benzene rings is 1. The van der Waals surface area contributed by atoms with Gasteiger partial charge in [-0.25, -0.2) is 12.8 Å². The summed E-state index contributed by atoms with van der Waals surface area (Å²) >= 11 is 0. The van der Waals surface area contributed by atoms with E-state index in [0.29, 0.717) is 13.2 Å². The topological polar surface area (TPSA) is 55.6 Å². The molecule has 3 atom stereocenters. The van der Waals surface area contributed by atoms with Crippen LogP contribution < -0.4 is 0 Å². The summed E-state index contributed by atoms with van der Waals surface area (Å²) in [6.45, 7) is 0.883. The molecule has 7 heteroatoms. The smallest absolute Gasteiger partial charge is 0.243 e. The van der Waals surface area contributed by atoms with Gasteiger partial charge in [0.05, 0.1) is 30.2 Å². The zero-order valence-corrected chi connectivity index (χ0v) is 10.3. The summed E-state index contributed by atoms with van der Waals surface area (Å²) in [4.78, 5) is 0.0944. The molecule has 3 rings (SSSR count). The summed E-state index contributed by atoms with van der Waals surface area (Å²) in [5.41, 5.74) is 0. The van der Waals surface area contributed by atoms with Gasteiger partial charge in [0.25, 0.3) is 0 Å². The molecule has 2 aliphatic rings. The van der Waals surface area contributed by atoms with Gasteiger partial charge < -0.3 is 9.47 Å². The third-order valence-electron chi connectivity index (χ3n) is 3.14. The molecule has 1 aromatic rings. The molecule has 98 valence electrons. The predicted octanol–water partition coefficient (Wildman–Crippen LogP) is 0.572. The molecule has 2 fully saturated rings. The quantitative estimate of drug-likeness (QED) is 0.739. The minimum atomic E-state index is -3.57. The number of halogens is 1. The average Bonchev–Trinajstić information content (AvgIpc) is 3.04. The first kappa shape index (κ1) is 12.0. The Morgan fingerprint density at radius 3 is 2.22 bits per heavy atom. The largest absolute Gasteiger partial charge is 0.354 e. The molecule has 5 nitrogen and oxygen atoms in total. The molecule has 0 bridgehead atoms. The van der Waals surface area contributed by atoms with Gasteiger partial charge in [-0.3, -0.25) is 0 Å². The van der Waals surface area contributed by atoms with Crippen molar-refractivity contribution < 1.29 is 22.3 Å². The molecule has 0 spiro atoms. The number of ether oxygens (including phenoxy) is 2. The molecular formula is C11H12FNO4S. The van der Waals surface area contributed by atoms with E-state index < -0.39 is 15.8 Å². The summed E-state index contributed by atoms with van der Waals surface area (Å²) in [6.07, 6.45) is 0. The highest BCUT2D eigenvalue weighted by Gasteiger charge is 2.56. The van der Waals surface area contributed by atoms with Crippen LogP contribution in [-0.2, 0) is 19.5 Å². The van der Waals surface area contributed by atoms with Gasteiger partial charge in [-0.1, -0.05) is 0 Å². The average molecular weight is 273 g/mol. The molecule has 0 amide bonds. The van der Waals surface area contributed by atoms with Crippen LogP contribution >= 0.6 is 0 Å². The molecular weight excluding hydrogens is 261 g/mol. The summed E-state index contributed by atoms with van der Waals surface area (Å²) in [7, 11) is -3.57. The van der Waals surface area contributed by atoms with E-state index in [1.807, 2.05) is 0 Å². The van der Waals surface area contributed by atoms with Crippen molar-refractivity contribution >= 4 is 10.0 Å². The lowest BCUT2D eigenvalue weighted by atomic mass is 10.3. The van der Waals surface area contributed by atoms with Crippen LogP contribution in [0.2, 0.25) is 0 Å². The fourth-order valence-corrected chi connectivity index (χ4v) is 3.94. The van der Waals surface area contributed by atoms with Crippen molar-refractivity contribution in [2.24, 2.45) is 0 Å². The van der Waals surface area contributed by atoms with Gasteiger partial charge in [-0.05, 0) is 24.3 Å². The molecule has 0 radical (unpaired) electrons. The van der Waals surface area contributed by atoms with Crippen molar-refractivity contribution in [1.82, 2.24) is 4.31 Å². The Kier molecular flexibility index (Phi) is 2.86. The molecule has 2 saturated heterocycles. The third kappa shape index (κ3) is 1.93. The summed E-state index contributed by atoms with van der Waals surface area (Å²) in [6, 6.07) is 4.48. The first-order valence-corrected chi connectivity index (χ1v) is 6.99. The third-order valence-corrected chi connectivity index (χ3v) is 5.11. The zero-order valence-electron chi connectivity index (χ0n) is 9.45. The molecule has 0 aromatic heterocycles. The Balaban J connectivity index is 1.86. The fourth-order valence-electron chi connectivity index (χ4n) is 2.16. The van der Waals surface area contributed by atoms with E-state index >= 15 is 0 Å². The number of nitrogens with zero attached hydrogens (tertiary/aromatic N) is 1. The van der Waals surface area contributed by atoms with Crippen molar-refractivity contribution in [2.45, 2.75) is 17.0 Å². The second-order valence-corrected chi connectivity index (χ2v) is 6.13. The second-order valence-electron chi connectivity index (χ2n) is 4.28. The minimum Gasteiger partial charge on any atom is -0.354 e. The van der Waals surface area contributed by atoms with Gasteiger partial charge in [0, 0.05) is 0 Å². The van der Waals surface area contributed by atoms with E-state index in [9.17, 15) is 12.8 Å². The lowest BCUT2D eigenvalue weighted by molar-refractivity contribution is -0.0436. The number of hydrogen-bond acceptors (Lipinski definition) is 4. The van der Waals surface area contributed by atoms with E-state index in [0.717, 1.165) is 12.1 Å². The molecule has 1 unspecified atom stereocenters. The highest BCUT2D eigenvalue weighted by molar-refractivity contribution is 7.89. The Bertz CT molecular complexity index is 533. The molecule has 0 aliphatic carbocycles. The van der Waals surface area contributed by atoms with Crippen LogP contribution in [-0.4, -0.2) is 44.8 Å². The van der Waals surface area contributed by atoms with Crippen LogP contribution in [0.1, 0.15) is 0 Å². The molecule has 18 heavy (non-hydrogen) atoms. The van der Waals surface area contributed by atoms with Crippen molar-refractivity contribution in [2.75, 3.05) is 20.0 Å². The maximum absolute atomic E-state index is 12.8. The van der Waals surface area contributed by atoms with E-state index in [-0.39, 0.29) is 23.8 Å². The Labute approximate surface area is 104 Å². The van der Waals surface area contributed by atoms with Gasteiger partial charge >= 0.3 is 0 Å². The maximum atomic E-state index is 12.8. The standard InChI is InChI=1S/C11H12FNO4S/c12-8-1-3-9(4-2-8)18(14,15)13-10-5-16-7-17-6-11(10)13/h1-4,10-11H,5-7H2/t10-,11+,13?. The maximum Gasteiger partial charge on any atom is 0.243 e. The van der Waals surface area contributed by atoms with Gasteiger partial charge in [-0.15, -0.1) is 0 Å². The van der Waals surface area contributed by atoms with Crippen LogP contribution in [0.3, 0.4) is 0 Å². The summed E-state index contributed by atoms with van der Waals surface area (Å²) < 4.78 is 49.0. The summed E-state index contributed by atoms with van der Waals surface area (Å²) in [5, 5.41) is 0. The van der Waals surface area contributed by atoms with Gasteiger partial charge in [-0.2, -0.15) is 4.31 Å². The van der Waals surface area contributed by atoms with Crippen LogP contribution in [0, 0.1) is 5.82 Å². The SMILES string of the molecule is O=S(=O)(c1ccc(F)cc1)N1[C@@H]2COCOC[C@@H]21. The van der Waals surface area contributed by atoms with Gasteiger partial charge in [0.2, 0.25) is 10.0 Å². The molecule has 0 N–H and O–H groups in total. The second kappa shape index (κ2) is 4.27. The van der Waals surface area contributed by atoms with Crippen molar-refractivity contribution in [1.29, 1.82) is 0 Å². The monoisotopic (exact) mass is 273 g/mol. The minimum absolute atomic E-state index is 0.0944. The normalized spacial score (nSPS) is 31.5. The predicted molar refractivity (Wildman–Crippen MR) is 59.8 cm³/mol. The first-order chi connectivity index (χ1) is 8.60. The van der Waals surface area contributed by atoms with Gasteiger partial charge in [0.15, 0.2) is 0 Å².